The third-order valence-electron chi connectivity index (χ3n) is 3.87. The monoisotopic (exact) mass is 295 g/mol. The third kappa shape index (κ3) is 3.56. The second-order valence-corrected chi connectivity index (χ2v) is 6.58. The molecule has 0 atom stereocenters. The average Bonchev–Trinajstić information content (AvgIpc) is 2.80. The van der Waals surface area contributed by atoms with E-state index in [9.17, 15) is 0 Å². The highest BCUT2D eigenvalue weighted by molar-refractivity contribution is 9.10. The first-order chi connectivity index (χ1) is 8.08. The van der Waals surface area contributed by atoms with Gasteiger partial charge in [0.1, 0.15) is 0 Å². The second-order valence-electron chi connectivity index (χ2n) is 5.66. The summed E-state index contributed by atoms with van der Waals surface area (Å²) in [5.41, 5.74) is 1.43. The van der Waals surface area contributed by atoms with Gasteiger partial charge in [-0.1, -0.05) is 40.9 Å². The number of rotatable bonds is 4. The van der Waals surface area contributed by atoms with Crippen LogP contribution in [0.25, 0.3) is 0 Å². The summed E-state index contributed by atoms with van der Waals surface area (Å²) in [4.78, 5) is 0. The molecule has 94 valence electrons. The number of hydrogen-bond acceptors (Lipinski definition) is 1. The van der Waals surface area contributed by atoms with Crippen molar-refractivity contribution in [2.75, 3.05) is 6.54 Å². The molecule has 0 aliphatic heterocycles. The van der Waals surface area contributed by atoms with Gasteiger partial charge in [0.05, 0.1) is 0 Å². The van der Waals surface area contributed by atoms with E-state index in [1.807, 2.05) is 0 Å². The van der Waals surface area contributed by atoms with Crippen molar-refractivity contribution < 1.29 is 0 Å². The third-order valence-corrected chi connectivity index (χ3v) is 4.40. The van der Waals surface area contributed by atoms with E-state index in [0.717, 1.165) is 16.9 Å². The Hall–Kier alpha value is -0.340. The largest absolute Gasteiger partial charge is 0.308 e. The molecule has 2 rings (SSSR count). The highest BCUT2D eigenvalue weighted by Crippen LogP contribution is 2.27. The van der Waals surface area contributed by atoms with Crippen LogP contribution in [-0.4, -0.2) is 6.54 Å². The maximum atomic E-state index is 3.72. The van der Waals surface area contributed by atoms with Crippen LogP contribution in [0.5, 0.6) is 0 Å². The number of hydrogen-bond donors (Lipinski definition) is 1. The number of halogens is 1. The number of nitrogens with one attached hydrogen (secondary N) is 1. The van der Waals surface area contributed by atoms with E-state index in [-0.39, 0.29) is 5.54 Å². The fourth-order valence-electron chi connectivity index (χ4n) is 2.58. The minimum atomic E-state index is 0.0727. The van der Waals surface area contributed by atoms with Gasteiger partial charge < -0.3 is 5.32 Å². The van der Waals surface area contributed by atoms with E-state index in [1.54, 1.807) is 0 Å². The first-order valence-corrected chi connectivity index (χ1v) is 7.38. The van der Waals surface area contributed by atoms with Crippen LogP contribution in [0.2, 0.25) is 0 Å². The minimum Gasteiger partial charge on any atom is -0.308 e. The van der Waals surface area contributed by atoms with Gasteiger partial charge in [0, 0.05) is 10.0 Å². The van der Waals surface area contributed by atoms with E-state index in [0.29, 0.717) is 0 Å². The lowest BCUT2D eigenvalue weighted by molar-refractivity contribution is 0.357. The lowest BCUT2D eigenvalue weighted by Gasteiger charge is -2.28. The Balaban J connectivity index is 1.94. The SMILES string of the molecule is CC(C)(NCC1CCCC1)c1ccc(Br)cc1. The molecule has 0 aromatic heterocycles. The lowest BCUT2D eigenvalue weighted by atomic mass is 9.93. The molecule has 0 heterocycles. The normalized spacial score (nSPS) is 17.6. The van der Waals surface area contributed by atoms with Crippen molar-refractivity contribution in [1.82, 2.24) is 5.32 Å². The first kappa shape index (κ1) is 13.1. The molecule has 0 radical (unpaired) electrons. The predicted octanol–water partition coefficient (Wildman–Crippen LogP) is 4.46. The molecule has 1 N–H and O–H groups in total. The molecular weight excluding hydrogens is 274 g/mol. The van der Waals surface area contributed by atoms with E-state index < -0.39 is 0 Å². The van der Waals surface area contributed by atoms with Gasteiger partial charge in [0.25, 0.3) is 0 Å². The van der Waals surface area contributed by atoms with Crippen molar-refractivity contribution >= 4 is 15.9 Å². The Bertz CT molecular complexity index is 350. The molecule has 1 aliphatic carbocycles. The Labute approximate surface area is 113 Å². The first-order valence-electron chi connectivity index (χ1n) is 6.59. The van der Waals surface area contributed by atoms with Crippen LogP contribution in [0, 0.1) is 5.92 Å². The van der Waals surface area contributed by atoms with E-state index in [4.69, 9.17) is 0 Å². The summed E-state index contributed by atoms with van der Waals surface area (Å²) in [6.07, 6.45) is 5.66. The highest BCUT2D eigenvalue weighted by atomic mass is 79.9. The minimum absolute atomic E-state index is 0.0727. The maximum Gasteiger partial charge on any atom is 0.0377 e. The molecular formula is C15H22BrN. The Morgan fingerprint density at radius 2 is 1.76 bits per heavy atom. The quantitative estimate of drug-likeness (QED) is 0.864. The molecule has 1 aromatic rings. The standard InChI is InChI=1S/C15H22BrN/c1-15(2,13-7-9-14(16)10-8-13)17-11-12-5-3-4-6-12/h7-10,12,17H,3-6,11H2,1-2H3. The summed E-state index contributed by atoms with van der Waals surface area (Å²) in [6.45, 7) is 5.69. The van der Waals surface area contributed by atoms with Gasteiger partial charge in [0.2, 0.25) is 0 Å². The molecule has 1 aliphatic rings. The summed E-state index contributed by atoms with van der Waals surface area (Å²) in [7, 11) is 0. The van der Waals surface area contributed by atoms with Crippen LogP contribution in [0.15, 0.2) is 28.7 Å². The molecule has 1 nitrogen and oxygen atoms in total. The summed E-state index contributed by atoms with van der Waals surface area (Å²) in [5, 5.41) is 3.72. The van der Waals surface area contributed by atoms with Gasteiger partial charge in [-0.25, -0.2) is 0 Å². The highest BCUT2D eigenvalue weighted by Gasteiger charge is 2.22. The molecule has 0 bridgehead atoms. The summed E-state index contributed by atoms with van der Waals surface area (Å²) >= 11 is 3.48. The van der Waals surface area contributed by atoms with E-state index in [2.05, 4.69) is 59.4 Å². The molecule has 1 saturated carbocycles. The van der Waals surface area contributed by atoms with Crippen molar-refractivity contribution in [3.05, 3.63) is 34.3 Å². The molecule has 17 heavy (non-hydrogen) atoms. The molecule has 0 saturated heterocycles. The Morgan fingerprint density at radius 3 is 2.35 bits per heavy atom. The van der Waals surface area contributed by atoms with Gasteiger partial charge in [-0.3, -0.25) is 0 Å². The van der Waals surface area contributed by atoms with Gasteiger partial charge >= 0.3 is 0 Å². The summed E-state index contributed by atoms with van der Waals surface area (Å²) in [5.74, 6) is 0.893. The van der Waals surface area contributed by atoms with Crippen LogP contribution < -0.4 is 5.32 Å². The zero-order valence-corrected chi connectivity index (χ0v) is 12.4. The van der Waals surface area contributed by atoms with Crippen LogP contribution >= 0.6 is 15.9 Å². The van der Waals surface area contributed by atoms with Gasteiger partial charge in [-0.05, 0) is 56.8 Å². The fourth-order valence-corrected chi connectivity index (χ4v) is 2.85. The number of benzene rings is 1. The maximum absolute atomic E-state index is 3.72. The Kier molecular flexibility index (Phi) is 4.26. The topological polar surface area (TPSA) is 12.0 Å². The van der Waals surface area contributed by atoms with Gasteiger partial charge in [0.15, 0.2) is 0 Å². The molecule has 0 spiro atoms. The predicted molar refractivity (Wildman–Crippen MR) is 77.1 cm³/mol. The Morgan fingerprint density at radius 1 is 1.18 bits per heavy atom. The van der Waals surface area contributed by atoms with Crippen LogP contribution in [0.3, 0.4) is 0 Å². The lowest BCUT2D eigenvalue weighted by Crippen LogP contribution is -2.39. The molecule has 0 unspecified atom stereocenters. The van der Waals surface area contributed by atoms with Crippen LogP contribution in [0.4, 0.5) is 0 Å². The van der Waals surface area contributed by atoms with Crippen molar-refractivity contribution in [2.24, 2.45) is 5.92 Å². The molecule has 0 amide bonds. The van der Waals surface area contributed by atoms with Crippen LogP contribution in [0.1, 0.15) is 45.1 Å². The second kappa shape index (κ2) is 5.53. The molecule has 1 fully saturated rings. The summed E-state index contributed by atoms with van der Waals surface area (Å²) < 4.78 is 1.15. The van der Waals surface area contributed by atoms with Crippen LogP contribution in [-0.2, 0) is 5.54 Å². The van der Waals surface area contributed by atoms with Crippen molar-refractivity contribution in [1.29, 1.82) is 0 Å². The van der Waals surface area contributed by atoms with Gasteiger partial charge in [-0.15, -0.1) is 0 Å². The average molecular weight is 296 g/mol. The van der Waals surface area contributed by atoms with Crippen molar-refractivity contribution in [3.63, 3.8) is 0 Å². The summed E-state index contributed by atoms with van der Waals surface area (Å²) in [6, 6.07) is 8.64. The zero-order chi connectivity index (χ0) is 12.3. The molecule has 2 heteroatoms. The van der Waals surface area contributed by atoms with E-state index >= 15 is 0 Å². The van der Waals surface area contributed by atoms with Gasteiger partial charge in [-0.2, -0.15) is 0 Å². The van der Waals surface area contributed by atoms with Crippen molar-refractivity contribution in [3.8, 4) is 0 Å². The van der Waals surface area contributed by atoms with E-state index in [1.165, 1.54) is 31.2 Å². The zero-order valence-electron chi connectivity index (χ0n) is 10.8. The molecule has 1 aromatic carbocycles. The smallest absolute Gasteiger partial charge is 0.0377 e. The fraction of sp³-hybridized carbons (Fsp3) is 0.600. The van der Waals surface area contributed by atoms with Crippen molar-refractivity contribution in [2.45, 2.75) is 45.1 Å².